The SMILES string of the molecule is O=C1CCC(c2cnccn2)Oc2ccccc21. The van der Waals surface area contributed by atoms with Crippen molar-refractivity contribution in [1.29, 1.82) is 0 Å². The number of carbonyl (C=O) groups excluding carboxylic acids is 1. The zero-order chi connectivity index (χ0) is 12.4. The number of fused-ring (bicyclic) bond motifs is 1. The zero-order valence-corrected chi connectivity index (χ0v) is 9.74. The smallest absolute Gasteiger partial charge is 0.166 e. The Hall–Kier alpha value is -2.23. The Kier molecular flexibility index (Phi) is 2.76. The van der Waals surface area contributed by atoms with Crippen LogP contribution in [-0.2, 0) is 0 Å². The number of rotatable bonds is 1. The van der Waals surface area contributed by atoms with E-state index in [4.69, 9.17) is 4.74 Å². The van der Waals surface area contributed by atoms with Crippen LogP contribution in [0.4, 0.5) is 0 Å². The Morgan fingerprint density at radius 3 is 2.94 bits per heavy atom. The molecular weight excluding hydrogens is 228 g/mol. The van der Waals surface area contributed by atoms with E-state index in [1.807, 2.05) is 18.2 Å². The molecule has 1 aliphatic rings. The van der Waals surface area contributed by atoms with E-state index in [0.717, 1.165) is 5.69 Å². The molecule has 0 radical (unpaired) electrons. The number of hydrogen-bond donors (Lipinski definition) is 0. The summed E-state index contributed by atoms with van der Waals surface area (Å²) in [6.45, 7) is 0. The van der Waals surface area contributed by atoms with Gasteiger partial charge in [0.05, 0.1) is 17.5 Å². The van der Waals surface area contributed by atoms with Gasteiger partial charge in [-0.15, -0.1) is 0 Å². The van der Waals surface area contributed by atoms with Crippen LogP contribution in [-0.4, -0.2) is 15.8 Å². The second-order valence-corrected chi connectivity index (χ2v) is 4.19. The Balaban J connectivity index is 1.97. The Morgan fingerprint density at radius 2 is 2.11 bits per heavy atom. The number of Topliss-reactive ketones (excluding diaryl/α,β-unsaturated/α-hetero) is 1. The molecule has 0 fully saturated rings. The number of aromatic nitrogens is 2. The van der Waals surface area contributed by atoms with Gasteiger partial charge in [0, 0.05) is 18.8 Å². The van der Waals surface area contributed by atoms with E-state index in [2.05, 4.69) is 9.97 Å². The van der Waals surface area contributed by atoms with Crippen molar-refractivity contribution in [2.45, 2.75) is 18.9 Å². The summed E-state index contributed by atoms with van der Waals surface area (Å²) in [5.41, 5.74) is 1.42. The van der Waals surface area contributed by atoms with E-state index in [1.54, 1.807) is 24.7 Å². The standard InChI is InChI=1S/C14H12N2O2/c17-12-5-6-14(11-9-15-7-8-16-11)18-13-4-2-1-3-10(12)13/h1-4,7-9,14H,5-6H2. The summed E-state index contributed by atoms with van der Waals surface area (Å²) in [6.07, 6.45) is 5.84. The monoisotopic (exact) mass is 240 g/mol. The van der Waals surface area contributed by atoms with Crippen molar-refractivity contribution in [2.75, 3.05) is 0 Å². The molecule has 2 aromatic rings. The molecule has 0 aliphatic carbocycles. The van der Waals surface area contributed by atoms with Crippen molar-refractivity contribution >= 4 is 5.78 Å². The first-order valence-electron chi connectivity index (χ1n) is 5.89. The highest BCUT2D eigenvalue weighted by molar-refractivity contribution is 5.98. The van der Waals surface area contributed by atoms with Crippen LogP contribution in [0.15, 0.2) is 42.9 Å². The maximum Gasteiger partial charge on any atom is 0.166 e. The van der Waals surface area contributed by atoms with Crippen molar-refractivity contribution in [3.63, 3.8) is 0 Å². The fourth-order valence-corrected chi connectivity index (χ4v) is 2.09. The summed E-state index contributed by atoms with van der Waals surface area (Å²) in [6, 6.07) is 7.34. The lowest BCUT2D eigenvalue weighted by atomic mass is 10.1. The fourth-order valence-electron chi connectivity index (χ4n) is 2.09. The number of carbonyl (C=O) groups is 1. The van der Waals surface area contributed by atoms with Crippen molar-refractivity contribution in [3.05, 3.63) is 54.1 Å². The van der Waals surface area contributed by atoms with Crippen molar-refractivity contribution < 1.29 is 9.53 Å². The van der Waals surface area contributed by atoms with Gasteiger partial charge in [-0.3, -0.25) is 14.8 Å². The minimum absolute atomic E-state index is 0.122. The fraction of sp³-hybridized carbons (Fsp3) is 0.214. The summed E-state index contributed by atoms with van der Waals surface area (Å²) >= 11 is 0. The van der Waals surface area contributed by atoms with Gasteiger partial charge >= 0.3 is 0 Å². The third-order valence-corrected chi connectivity index (χ3v) is 3.00. The van der Waals surface area contributed by atoms with Crippen LogP contribution in [0.1, 0.15) is 35.0 Å². The number of ketones is 1. The summed E-state index contributed by atoms with van der Waals surface area (Å²) < 4.78 is 5.89. The van der Waals surface area contributed by atoms with Gasteiger partial charge in [0.25, 0.3) is 0 Å². The highest BCUT2D eigenvalue weighted by Gasteiger charge is 2.24. The maximum absolute atomic E-state index is 12.0. The molecule has 4 heteroatoms. The van der Waals surface area contributed by atoms with Crippen molar-refractivity contribution in [2.24, 2.45) is 0 Å². The van der Waals surface area contributed by atoms with Crippen molar-refractivity contribution in [1.82, 2.24) is 9.97 Å². The Bertz CT molecular complexity index is 569. The van der Waals surface area contributed by atoms with E-state index < -0.39 is 0 Å². The molecule has 0 amide bonds. The predicted molar refractivity (Wildman–Crippen MR) is 65.4 cm³/mol. The van der Waals surface area contributed by atoms with E-state index in [1.165, 1.54) is 0 Å². The molecule has 1 aliphatic heterocycles. The van der Waals surface area contributed by atoms with E-state index >= 15 is 0 Å². The second-order valence-electron chi connectivity index (χ2n) is 4.19. The van der Waals surface area contributed by atoms with Crippen LogP contribution >= 0.6 is 0 Å². The van der Waals surface area contributed by atoms with Gasteiger partial charge < -0.3 is 4.74 Å². The molecule has 0 N–H and O–H groups in total. The molecule has 0 spiro atoms. The summed E-state index contributed by atoms with van der Waals surface area (Å²) in [5, 5.41) is 0. The minimum Gasteiger partial charge on any atom is -0.483 e. The number of para-hydroxylation sites is 1. The molecule has 1 atom stereocenters. The van der Waals surface area contributed by atoms with Gasteiger partial charge in [-0.25, -0.2) is 0 Å². The quantitative estimate of drug-likeness (QED) is 0.768. The van der Waals surface area contributed by atoms with Crippen LogP contribution in [0.2, 0.25) is 0 Å². The highest BCUT2D eigenvalue weighted by atomic mass is 16.5. The first kappa shape index (κ1) is 10.9. The van der Waals surface area contributed by atoms with Gasteiger partial charge in [-0.05, 0) is 18.6 Å². The van der Waals surface area contributed by atoms with Crippen LogP contribution in [0.5, 0.6) is 5.75 Å². The average Bonchev–Trinajstić information content (AvgIpc) is 2.60. The van der Waals surface area contributed by atoms with Gasteiger partial charge in [-0.2, -0.15) is 0 Å². The molecule has 90 valence electrons. The van der Waals surface area contributed by atoms with Crippen LogP contribution < -0.4 is 4.74 Å². The normalized spacial score (nSPS) is 18.7. The number of nitrogens with zero attached hydrogens (tertiary/aromatic N) is 2. The predicted octanol–water partition coefficient (Wildman–Crippen LogP) is 2.57. The topological polar surface area (TPSA) is 52.1 Å². The molecule has 18 heavy (non-hydrogen) atoms. The zero-order valence-electron chi connectivity index (χ0n) is 9.74. The molecule has 1 aromatic carbocycles. The number of benzene rings is 1. The average molecular weight is 240 g/mol. The molecule has 3 rings (SSSR count). The van der Waals surface area contributed by atoms with E-state index in [9.17, 15) is 4.79 Å². The lowest BCUT2D eigenvalue weighted by Crippen LogP contribution is -2.08. The van der Waals surface area contributed by atoms with Crippen LogP contribution in [0, 0.1) is 0 Å². The van der Waals surface area contributed by atoms with E-state index in [0.29, 0.717) is 24.2 Å². The van der Waals surface area contributed by atoms with Crippen molar-refractivity contribution in [3.8, 4) is 5.75 Å². The van der Waals surface area contributed by atoms with Crippen LogP contribution in [0.3, 0.4) is 0 Å². The molecule has 0 saturated carbocycles. The minimum atomic E-state index is -0.203. The summed E-state index contributed by atoms with van der Waals surface area (Å²) in [4.78, 5) is 20.2. The maximum atomic E-state index is 12.0. The third kappa shape index (κ3) is 1.97. The lowest BCUT2D eigenvalue weighted by molar-refractivity contribution is 0.0977. The van der Waals surface area contributed by atoms with Gasteiger partial charge in [-0.1, -0.05) is 12.1 Å². The molecule has 0 saturated heterocycles. The summed E-state index contributed by atoms with van der Waals surface area (Å²) in [7, 11) is 0. The summed E-state index contributed by atoms with van der Waals surface area (Å²) in [5.74, 6) is 0.757. The number of ether oxygens (including phenoxy) is 1. The van der Waals surface area contributed by atoms with Gasteiger partial charge in [0.1, 0.15) is 11.9 Å². The Labute approximate surface area is 105 Å². The molecule has 1 aromatic heterocycles. The third-order valence-electron chi connectivity index (χ3n) is 3.00. The first-order chi connectivity index (χ1) is 8.84. The number of hydrogen-bond acceptors (Lipinski definition) is 4. The second kappa shape index (κ2) is 4.56. The first-order valence-corrected chi connectivity index (χ1v) is 5.89. The molecular formula is C14H12N2O2. The van der Waals surface area contributed by atoms with Gasteiger partial charge in [0.15, 0.2) is 5.78 Å². The van der Waals surface area contributed by atoms with E-state index in [-0.39, 0.29) is 11.9 Å². The largest absolute Gasteiger partial charge is 0.483 e. The van der Waals surface area contributed by atoms with Crippen LogP contribution in [0.25, 0.3) is 0 Å². The molecule has 2 heterocycles. The Morgan fingerprint density at radius 1 is 1.22 bits per heavy atom. The molecule has 4 nitrogen and oxygen atoms in total. The lowest BCUT2D eigenvalue weighted by Gasteiger charge is -2.15. The molecule has 1 unspecified atom stereocenters. The van der Waals surface area contributed by atoms with Gasteiger partial charge in [0.2, 0.25) is 0 Å². The highest BCUT2D eigenvalue weighted by Crippen LogP contribution is 2.32. The molecule has 0 bridgehead atoms.